The van der Waals surface area contributed by atoms with Crippen LogP contribution in [0.3, 0.4) is 0 Å². The van der Waals surface area contributed by atoms with E-state index in [9.17, 15) is 34.4 Å². The molecule has 0 saturated heterocycles. The molecule has 0 aliphatic carbocycles. The molecule has 0 radical (unpaired) electrons. The van der Waals surface area contributed by atoms with Crippen LogP contribution in [0.4, 0.5) is 0 Å². The summed E-state index contributed by atoms with van der Waals surface area (Å²) >= 11 is 0. The quantitative estimate of drug-likeness (QED) is 0.352. The zero-order valence-electron chi connectivity index (χ0n) is 12.9. The first-order chi connectivity index (χ1) is 12.3. The minimum atomic E-state index is -1.33. The van der Waals surface area contributed by atoms with Crippen LogP contribution in [0.2, 0.25) is 0 Å². The minimum Gasteiger partial charge on any atom is -0.394 e. The molecule has 26 heavy (non-hydrogen) atoms. The van der Waals surface area contributed by atoms with Crippen LogP contribution in [0, 0.1) is 10.1 Å². The van der Waals surface area contributed by atoms with Gasteiger partial charge in [0.15, 0.2) is 6.73 Å². The van der Waals surface area contributed by atoms with Crippen molar-refractivity contribution in [2.24, 2.45) is 0 Å². The van der Waals surface area contributed by atoms with Gasteiger partial charge in [-0.05, 0) is 12.1 Å². The van der Waals surface area contributed by atoms with Crippen LogP contribution in [0.1, 0.15) is 0 Å². The fourth-order valence-corrected chi connectivity index (χ4v) is 2.73. The van der Waals surface area contributed by atoms with E-state index in [1.807, 2.05) is 0 Å². The van der Waals surface area contributed by atoms with Gasteiger partial charge >= 0.3 is 0 Å². The van der Waals surface area contributed by atoms with Crippen molar-refractivity contribution in [3.05, 3.63) is 63.7 Å². The molecule has 3 aromatic rings. The third-order valence-corrected chi connectivity index (χ3v) is 3.96. The second-order valence-corrected chi connectivity index (χ2v) is 5.52. The number of hydrogen-bond acceptors (Lipinski definition) is 9. The van der Waals surface area contributed by atoms with Crippen molar-refractivity contribution in [2.45, 2.75) is 19.4 Å². The fourth-order valence-electron chi connectivity index (χ4n) is 2.73. The molecule has 136 valence electrons. The summed E-state index contributed by atoms with van der Waals surface area (Å²) in [6.45, 7) is -2.02. The van der Waals surface area contributed by atoms with Gasteiger partial charge in [-0.25, -0.2) is 4.57 Å². The normalized spacial score (nSPS) is 12.7. The Bertz CT molecular complexity index is 1150. The van der Waals surface area contributed by atoms with Gasteiger partial charge in [0.1, 0.15) is 0 Å². The number of benzene rings is 1. The SMILES string of the molecule is O=c1c2cc3c(=O)n(CC(O)CO)c(=O)c3cc2c(=O)n1CO[N+](=O)[O-]. The molecule has 2 aromatic heterocycles. The molecule has 0 aliphatic rings. The average molecular weight is 365 g/mol. The highest BCUT2D eigenvalue weighted by molar-refractivity contribution is 5.97. The van der Waals surface area contributed by atoms with Crippen molar-refractivity contribution in [1.82, 2.24) is 9.13 Å². The summed E-state index contributed by atoms with van der Waals surface area (Å²) in [5.41, 5.74) is -3.38. The van der Waals surface area contributed by atoms with Crippen molar-refractivity contribution >= 4 is 21.5 Å². The predicted molar refractivity (Wildman–Crippen MR) is 86.1 cm³/mol. The molecule has 1 aromatic carbocycles. The number of fused-ring (bicyclic) bond motifs is 2. The lowest BCUT2D eigenvalue weighted by Crippen LogP contribution is -2.32. The highest BCUT2D eigenvalue weighted by Crippen LogP contribution is 2.14. The molecule has 0 spiro atoms. The molecular formula is C14H11N3O9. The van der Waals surface area contributed by atoms with Gasteiger partial charge in [0.05, 0.1) is 40.8 Å². The van der Waals surface area contributed by atoms with Crippen LogP contribution in [-0.2, 0) is 18.1 Å². The van der Waals surface area contributed by atoms with Crippen molar-refractivity contribution in [2.75, 3.05) is 6.61 Å². The lowest BCUT2D eigenvalue weighted by molar-refractivity contribution is -0.767. The van der Waals surface area contributed by atoms with Crippen LogP contribution in [0.25, 0.3) is 21.5 Å². The first-order valence-electron chi connectivity index (χ1n) is 7.23. The minimum absolute atomic E-state index is 0.142. The van der Waals surface area contributed by atoms with Gasteiger partial charge in [-0.2, -0.15) is 0 Å². The summed E-state index contributed by atoms with van der Waals surface area (Å²) in [5, 5.41) is 26.7. The lowest BCUT2D eigenvalue weighted by Gasteiger charge is -2.05. The highest BCUT2D eigenvalue weighted by atomic mass is 17.0. The smallest absolute Gasteiger partial charge is 0.296 e. The second kappa shape index (κ2) is 6.16. The number of rotatable bonds is 6. The molecule has 1 atom stereocenters. The standard InChI is InChI=1S/C14H11N3O9/c18-4-6(19)3-15-11(20)7-1-9-10(2-8(7)12(15)21)14(23)16(13(9)22)5-26-17(24)25/h1-2,6,18-19H,3-5H2. The Morgan fingerprint density at radius 1 is 0.962 bits per heavy atom. The zero-order chi connectivity index (χ0) is 19.2. The summed E-state index contributed by atoms with van der Waals surface area (Å²) in [6.07, 6.45) is -1.33. The molecule has 0 fully saturated rings. The van der Waals surface area contributed by atoms with Crippen molar-refractivity contribution in [3.8, 4) is 0 Å². The number of hydrogen-bond donors (Lipinski definition) is 2. The largest absolute Gasteiger partial charge is 0.394 e. The van der Waals surface area contributed by atoms with E-state index in [0.29, 0.717) is 9.13 Å². The van der Waals surface area contributed by atoms with E-state index in [2.05, 4.69) is 4.84 Å². The Morgan fingerprint density at radius 2 is 1.38 bits per heavy atom. The van der Waals surface area contributed by atoms with Crippen molar-refractivity contribution in [1.29, 1.82) is 0 Å². The summed E-state index contributed by atoms with van der Waals surface area (Å²) in [6, 6.07) is 2.12. The topological polar surface area (TPSA) is 171 Å². The molecule has 12 nitrogen and oxygen atoms in total. The van der Waals surface area contributed by atoms with Gasteiger partial charge in [0.2, 0.25) is 0 Å². The fraction of sp³-hybridized carbons (Fsp3) is 0.286. The highest BCUT2D eigenvalue weighted by Gasteiger charge is 2.20. The molecule has 0 aliphatic heterocycles. The Kier molecular flexibility index (Phi) is 4.13. The van der Waals surface area contributed by atoms with Crippen LogP contribution in [0.15, 0.2) is 31.3 Å². The first kappa shape index (κ1) is 17.4. The van der Waals surface area contributed by atoms with Crippen LogP contribution < -0.4 is 22.2 Å². The molecule has 2 heterocycles. The molecule has 2 N–H and O–H groups in total. The van der Waals surface area contributed by atoms with E-state index in [1.165, 1.54) is 0 Å². The van der Waals surface area contributed by atoms with Crippen LogP contribution >= 0.6 is 0 Å². The van der Waals surface area contributed by atoms with Crippen molar-refractivity contribution < 1.29 is 20.1 Å². The van der Waals surface area contributed by atoms with E-state index in [0.717, 1.165) is 12.1 Å². The van der Waals surface area contributed by atoms with E-state index in [4.69, 9.17) is 5.11 Å². The Labute approximate surface area is 141 Å². The van der Waals surface area contributed by atoms with E-state index in [1.54, 1.807) is 0 Å². The summed E-state index contributed by atoms with van der Waals surface area (Å²) in [7, 11) is 0. The van der Waals surface area contributed by atoms with Gasteiger partial charge in [0.25, 0.3) is 27.3 Å². The van der Waals surface area contributed by atoms with E-state index < -0.39 is 53.3 Å². The second-order valence-electron chi connectivity index (χ2n) is 5.52. The van der Waals surface area contributed by atoms with Crippen molar-refractivity contribution in [3.63, 3.8) is 0 Å². The number of nitrogens with zero attached hydrogens (tertiary/aromatic N) is 3. The Morgan fingerprint density at radius 3 is 1.77 bits per heavy atom. The molecule has 0 amide bonds. The zero-order valence-corrected chi connectivity index (χ0v) is 12.9. The van der Waals surface area contributed by atoms with Gasteiger partial charge < -0.3 is 10.2 Å². The average Bonchev–Trinajstić information content (AvgIpc) is 2.98. The lowest BCUT2D eigenvalue weighted by atomic mass is 10.1. The third kappa shape index (κ3) is 2.57. The maximum absolute atomic E-state index is 12.3. The molecule has 12 heteroatoms. The van der Waals surface area contributed by atoms with Gasteiger partial charge in [0, 0.05) is 0 Å². The summed E-state index contributed by atoms with van der Waals surface area (Å²) < 4.78 is 1.17. The molecular weight excluding hydrogens is 354 g/mol. The van der Waals surface area contributed by atoms with Gasteiger partial charge in [-0.1, -0.05) is 0 Å². The number of aliphatic hydroxyl groups is 2. The van der Waals surface area contributed by atoms with E-state index >= 15 is 0 Å². The first-order valence-corrected chi connectivity index (χ1v) is 7.23. The monoisotopic (exact) mass is 365 g/mol. The molecule has 1 unspecified atom stereocenters. The van der Waals surface area contributed by atoms with Crippen LogP contribution in [-0.4, -0.2) is 37.1 Å². The number of aromatic nitrogens is 2. The maximum Gasteiger partial charge on any atom is 0.296 e. The van der Waals surface area contributed by atoms with Gasteiger partial charge in [-0.3, -0.25) is 28.6 Å². The summed E-state index contributed by atoms with van der Waals surface area (Å²) in [4.78, 5) is 63.4. The molecule has 0 bridgehead atoms. The molecule has 3 rings (SSSR count). The number of aliphatic hydroxyl groups excluding tert-OH is 2. The maximum atomic E-state index is 12.3. The van der Waals surface area contributed by atoms with Crippen LogP contribution in [0.5, 0.6) is 0 Å². The van der Waals surface area contributed by atoms with E-state index in [-0.39, 0.29) is 21.5 Å². The Hall–Kier alpha value is -3.38. The third-order valence-electron chi connectivity index (χ3n) is 3.96. The molecule has 0 saturated carbocycles. The predicted octanol–water partition coefficient (Wildman–Crippen LogP) is -2.57. The summed E-state index contributed by atoms with van der Waals surface area (Å²) in [5.74, 6) is 0. The Balaban J connectivity index is 2.26. The van der Waals surface area contributed by atoms with Gasteiger partial charge in [-0.15, -0.1) is 10.1 Å².